The summed E-state index contributed by atoms with van der Waals surface area (Å²) in [4.78, 5) is 50.2. The lowest BCUT2D eigenvalue weighted by Crippen LogP contribution is -2.48. The molecule has 49 heavy (non-hydrogen) atoms. The highest BCUT2D eigenvalue weighted by Crippen LogP contribution is 2.33. The molecule has 1 unspecified atom stereocenters. The second-order valence-electron chi connectivity index (χ2n) is 10.8. The standard InChI is InChI=1S/C28H26F9N7O5/c29-17(13-44-14-21(40-41-44)23(45)38-11-15-10-18(3-4-19(15)30)49-28(35,36)37)5-8-42-9-6-20(22(31)25(42)47)39-24(46)26(48)43-7-1-2-16(12-43)27(32,33)34/h3-4,6,9-10,14,16-17H,1-2,5,7-8,11-13H2,(H,38,45)(H,39,46)/t16-,17?/m1/s1. The van der Waals surface area contributed by atoms with E-state index >= 15 is 0 Å². The Bertz CT molecular complexity index is 1740. The van der Waals surface area contributed by atoms with Crippen molar-refractivity contribution in [2.45, 2.75) is 57.6 Å². The van der Waals surface area contributed by atoms with Crippen LogP contribution in [0.3, 0.4) is 0 Å². The Hall–Kier alpha value is -5.11. The maximum atomic E-state index is 14.7. The number of aryl methyl sites for hydroxylation is 1. The number of aromatic nitrogens is 4. The molecule has 0 saturated carbocycles. The van der Waals surface area contributed by atoms with Crippen LogP contribution in [0, 0.1) is 17.6 Å². The number of likely N-dealkylation sites (tertiary alicyclic amines) is 1. The largest absolute Gasteiger partial charge is 0.573 e. The molecule has 12 nitrogen and oxygen atoms in total. The van der Waals surface area contributed by atoms with Crippen molar-refractivity contribution in [1.82, 2.24) is 29.8 Å². The molecule has 0 bridgehead atoms. The van der Waals surface area contributed by atoms with E-state index < -0.39 is 90.6 Å². The molecule has 1 aromatic carbocycles. The minimum atomic E-state index is -5.02. The van der Waals surface area contributed by atoms with Crippen LogP contribution < -0.4 is 20.9 Å². The molecular weight excluding hydrogens is 685 g/mol. The normalized spacial score (nSPS) is 15.9. The van der Waals surface area contributed by atoms with Gasteiger partial charge < -0.3 is 24.8 Å². The predicted molar refractivity (Wildman–Crippen MR) is 148 cm³/mol. The number of halogens is 9. The van der Waals surface area contributed by atoms with Crippen LogP contribution in [-0.4, -0.2) is 74.0 Å². The third kappa shape index (κ3) is 9.95. The zero-order valence-corrected chi connectivity index (χ0v) is 25.0. The molecule has 1 aliphatic heterocycles. The summed E-state index contributed by atoms with van der Waals surface area (Å²) in [5.41, 5.74) is -2.68. The van der Waals surface area contributed by atoms with Crippen molar-refractivity contribution in [2.24, 2.45) is 5.92 Å². The Morgan fingerprint density at radius 1 is 1.08 bits per heavy atom. The predicted octanol–water partition coefficient (Wildman–Crippen LogP) is 3.71. The van der Waals surface area contributed by atoms with Crippen LogP contribution in [0.4, 0.5) is 45.2 Å². The number of nitrogens with one attached hydrogen (secondary N) is 2. The van der Waals surface area contributed by atoms with E-state index in [2.05, 4.69) is 20.4 Å². The van der Waals surface area contributed by atoms with E-state index in [1.165, 1.54) is 0 Å². The number of piperidine rings is 1. The molecule has 3 aromatic rings. The number of hydrogen-bond acceptors (Lipinski definition) is 7. The minimum absolute atomic E-state index is 0.00407. The number of benzene rings is 1. The molecule has 21 heteroatoms. The zero-order valence-electron chi connectivity index (χ0n) is 25.0. The molecule has 1 aliphatic rings. The first kappa shape index (κ1) is 36.7. The van der Waals surface area contributed by atoms with Crippen molar-refractivity contribution in [3.05, 3.63) is 69.9 Å². The maximum absolute atomic E-state index is 14.7. The summed E-state index contributed by atoms with van der Waals surface area (Å²) in [6.45, 7) is -2.26. The Morgan fingerprint density at radius 2 is 1.82 bits per heavy atom. The average Bonchev–Trinajstić information content (AvgIpc) is 3.50. The Morgan fingerprint density at radius 3 is 2.51 bits per heavy atom. The van der Waals surface area contributed by atoms with Crippen molar-refractivity contribution in [3.63, 3.8) is 0 Å². The Balaban J connectivity index is 1.27. The molecule has 0 spiro atoms. The van der Waals surface area contributed by atoms with Gasteiger partial charge in [-0.1, -0.05) is 5.21 Å². The van der Waals surface area contributed by atoms with E-state index in [1.807, 2.05) is 5.32 Å². The molecule has 2 atom stereocenters. The molecule has 3 heterocycles. The summed E-state index contributed by atoms with van der Waals surface area (Å²) in [6.07, 6.45) is -9.86. The molecule has 3 amide bonds. The number of ether oxygens (including phenoxy) is 1. The third-order valence-electron chi connectivity index (χ3n) is 7.25. The topological polar surface area (TPSA) is 140 Å². The van der Waals surface area contributed by atoms with Gasteiger partial charge in [0.15, 0.2) is 5.69 Å². The van der Waals surface area contributed by atoms with Crippen LogP contribution in [0.1, 0.15) is 35.3 Å². The zero-order chi connectivity index (χ0) is 36.1. The van der Waals surface area contributed by atoms with Gasteiger partial charge in [0.1, 0.15) is 17.7 Å². The van der Waals surface area contributed by atoms with E-state index in [9.17, 15) is 58.7 Å². The first-order valence-corrected chi connectivity index (χ1v) is 14.3. The molecule has 2 N–H and O–H groups in total. The molecule has 266 valence electrons. The van der Waals surface area contributed by atoms with Gasteiger partial charge in [-0.15, -0.1) is 18.3 Å². The number of rotatable bonds is 10. The summed E-state index contributed by atoms with van der Waals surface area (Å²) in [6, 6.07) is 3.12. The molecule has 1 fully saturated rings. The van der Waals surface area contributed by atoms with Crippen molar-refractivity contribution in [1.29, 1.82) is 0 Å². The van der Waals surface area contributed by atoms with Gasteiger partial charge in [-0.25, -0.2) is 13.5 Å². The van der Waals surface area contributed by atoms with Gasteiger partial charge in [0, 0.05) is 37.9 Å². The number of anilines is 1. The number of carbonyl (C=O) groups excluding carboxylic acids is 3. The quantitative estimate of drug-likeness (QED) is 0.242. The fraction of sp³-hybridized carbons (Fsp3) is 0.429. The second-order valence-corrected chi connectivity index (χ2v) is 10.8. The van der Waals surface area contributed by atoms with Gasteiger partial charge in [0.05, 0.1) is 24.3 Å². The van der Waals surface area contributed by atoms with Gasteiger partial charge in [-0.2, -0.15) is 17.6 Å². The third-order valence-corrected chi connectivity index (χ3v) is 7.25. The van der Waals surface area contributed by atoms with Crippen LogP contribution in [-0.2, 0) is 29.2 Å². The number of carbonyl (C=O) groups is 3. The van der Waals surface area contributed by atoms with Crippen LogP contribution in [0.2, 0.25) is 0 Å². The number of amides is 3. The van der Waals surface area contributed by atoms with Crippen LogP contribution in [0.5, 0.6) is 5.75 Å². The molecular formula is C28H26F9N7O5. The van der Waals surface area contributed by atoms with Gasteiger partial charge in [0.25, 0.3) is 11.5 Å². The monoisotopic (exact) mass is 711 g/mol. The van der Waals surface area contributed by atoms with E-state index in [0.717, 1.165) is 45.9 Å². The van der Waals surface area contributed by atoms with Crippen LogP contribution >= 0.6 is 0 Å². The molecule has 0 radical (unpaired) electrons. The number of nitrogens with zero attached hydrogens (tertiary/aromatic N) is 5. The highest BCUT2D eigenvalue weighted by molar-refractivity contribution is 6.39. The summed E-state index contributed by atoms with van der Waals surface area (Å²) in [5, 5.41) is 11.2. The van der Waals surface area contributed by atoms with Crippen LogP contribution in [0.25, 0.3) is 0 Å². The lowest BCUT2D eigenvalue weighted by Gasteiger charge is -2.33. The Kier molecular flexibility index (Phi) is 11.2. The van der Waals surface area contributed by atoms with Gasteiger partial charge >= 0.3 is 24.4 Å². The lowest BCUT2D eigenvalue weighted by atomic mass is 9.97. The molecule has 2 aromatic heterocycles. The maximum Gasteiger partial charge on any atom is 0.573 e. The minimum Gasteiger partial charge on any atom is -0.406 e. The summed E-state index contributed by atoms with van der Waals surface area (Å²) in [7, 11) is 0. The van der Waals surface area contributed by atoms with Crippen LogP contribution in [0.15, 0.2) is 41.5 Å². The fourth-order valence-electron chi connectivity index (χ4n) is 4.78. The Labute approximate surface area is 269 Å². The first-order valence-electron chi connectivity index (χ1n) is 14.3. The number of hydrogen-bond donors (Lipinski definition) is 2. The SMILES string of the molecule is O=C(Nc1ccn(CCC(F)Cn2cc(C(=O)NCc3cc(OC(F)(F)F)ccc3F)nn2)c(=O)c1F)C(=O)N1CCC[C@@H](C(F)(F)F)C1. The highest BCUT2D eigenvalue weighted by atomic mass is 19.4. The number of alkyl halides is 7. The second kappa shape index (κ2) is 15.0. The van der Waals surface area contributed by atoms with Crippen molar-refractivity contribution >= 4 is 23.4 Å². The van der Waals surface area contributed by atoms with Gasteiger partial charge in [0.2, 0.25) is 5.82 Å². The molecule has 4 rings (SSSR count). The van der Waals surface area contributed by atoms with E-state index in [1.54, 1.807) is 0 Å². The van der Waals surface area contributed by atoms with Crippen molar-refractivity contribution in [2.75, 3.05) is 18.4 Å². The first-order chi connectivity index (χ1) is 22.9. The van der Waals surface area contributed by atoms with Gasteiger partial charge in [-0.05, 0) is 43.5 Å². The van der Waals surface area contributed by atoms with E-state index in [4.69, 9.17) is 0 Å². The summed E-state index contributed by atoms with van der Waals surface area (Å²) >= 11 is 0. The number of pyridine rings is 1. The van der Waals surface area contributed by atoms with E-state index in [0.29, 0.717) is 4.90 Å². The fourth-order valence-corrected chi connectivity index (χ4v) is 4.78. The smallest absolute Gasteiger partial charge is 0.406 e. The average molecular weight is 712 g/mol. The van der Waals surface area contributed by atoms with Crippen molar-refractivity contribution in [3.8, 4) is 5.75 Å². The molecule has 1 saturated heterocycles. The summed E-state index contributed by atoms with van der Waals surface area (Å²) < 4.78 is 125. The van der Waals surface area contributed by atoms with Crippen molar-refractivity contribution < 1.29 is 58.6 Å². The molecule has 0 aliphatic carbocycles. The summed E-state index contributed by atoms with van der Waals surface area (Å²) in [5.74, 6) is -8.64. The lowest BCUT2D eigenvalue weighted by molar-refractivity contribution is -0.274. The van der Waals surface area contributed by atoms with Gasteiger partial charge in [-0.3, -0.25) is 19.2 Å². The van der Waals surface area contributed by atoms with E-state index in [-0.39, 0.29) is 43.6 Å². The highest BCUT2D eigenvalue weighted by Gasteiger charge is 2.43.